The SMILES string of the molecule is Cc1cc(N=Nc2c(SOO[O-])cc3cc(N=Nc4ccc(O)cc4)ccc3c2O)c(C)cc1N=Nc1ccc(C(=O)Nc2ccc(SOO[O-])cc2)cc1.[Na+].[Na+]. The molecule has 0 aliphatic heterocycles. The number of rotatable bonds is 14. The number of nitrogens with zero attached hydrogens (tertiary/aromatic N) is 6. The zero-order chi connectivity index (χ0) is 38.7. The zero-order valence-electron chi connectivity index (χ0n) is 30.6. The van der Waals surface area contributed by atoms with Crippen LogP contribution >= 0.6 is 24.1 Å². The number of nitrogens with one attached hydrogen (secondary N) is 1. The molecule has 0 bridgehead atoms. The van der Waals surface area contributed by atoms with Crippen LogP contribution in [0, 0.1) is 13.8 Å². The number of carbonyl (C=O) groups excluding carboxylic acids is 1. The number of aryl methyl sites for hydroxylation is 2. The predicted molar refractivity (Wildman–Crippen MR) is 199 cm³/mol. The van der Waals surface area contributed by atoms with E-state index in [9.17, 15) is 25.5 Å². The third-order valence-electron chi connectivity index (χ3n) is 7.76. The smallest absolute Gasteiger partial charge is 0.691 e. The van der Waals surface area contributed by atoms with Crippen LogP contribution in [-0.2, 0) is 18.7 Å². The maximum absolute atomic E-state index is 12.7. The molecule has 0 fully saturated rings. The van der Waals surface area contributed by atoms with Gasteiger partial charge in [0.2, 0.25) is 0 Å². The molecule has 6 aromatic carbocycles. The van der Waals surface area contributed by atoms with Crippen molar-refractivity contribution >= 4 is 80.6 Å². The van der Waals surface area contributed by atoms with E-state index in [1.807, 2.05) is 13.8 Å². The third-order valence-corrected chi connectivity index (χ3v) is 8.96. The molecular formula is C37H27N7Na2O9S2. The fourth-order valence-corrected chi connectivity index (χ4v) is 5.84. The summed E-state index contributed by atoms with van der Waals surface area (Å²) in [6.45, 7) is 3.65. The molecule has 0 heterocycles. The molecule has 0 atom stereocenters. The number of hydrogen-bond acceptors (Lipinski definition) is 17. The van der Waals surface area contributed by atoms with Crippen molar-refractivity contribution < 1.29 is 103 Å². The Bertz CT molecular complexity index is 2410. The van der Waals surface area contributed by atoms with E-state index in [1.54, 1.807) is 97.1 Å². The first-order valence-electron chi connectivity index (χ1n) is 15.9. The van der Waals surface area contributed by atoms with Gasteiger partial charge in [0, 0.05) is 21.5 Å². The zero-order valence-corrected chi connectivity index (χ0v) is 36.3. The summed E-state index contributed by atoms with van der Waals surface area (Å²) in [5.41, 5.74) is 5.06. The van der Waals surface area contributed by atoms with Crippen molar-refractivity contribution in [2.24, 2.45) is 30.7 Å². The van der Waals surface area contributed by atoms with Gasteiger partial charge >= 0.3 is 59.1 Å². The first kappa shape index (κ1) is 45.6. The standard InChI is InChI=1S/C37H29N7O9S2.2Na/c1-21-18-33(22(2)17-32(21)42-40-26-5-3-23(4-6-26)37(47)38-25-9-14-30(15-10-25)54-52-50-48)43-44-35-34(55-53-51-49)20-24-19-28(11-16-31(24)36(35)46)41-39-27-7-12-29(45)13-8-27;;/h3-20,45-46,48-49H,1-2H3,(H,38,47);;/q;2*+1/p-2. The quantitative estimate of drug-likeness (QED) is 0.0470. The molecule has 20 heteroatoms. The minimum absolute atomic E-state index is 0. The predicted octanol–water partition coefficient (Wildman–Crippen LogP) is 3.84. The van der Waals surface area contributed by atoms with E-state index in [4.69, 9.17) is 0 Å². The van der Waals surface area contributed by atoms with Crippen LogP contribution < -0.4 is 74.9 Å². The van der Waals surface area contributed by atoms with E-state index in [1.165, 1.54) is 12.1 Å². The van der Waals surface area contributed by atoms with Crippen molar-refractivity contribution in [3.63, 3.8) is 0 Å². The number of carbonyl (C=O) groups is 1. The molecule has 3 N–H and O–H groups in total. The van der Waals surface area contributed by atoms with E-state index in [2.05, 4.69) is 54.7 Å². The van der Waals surface area contributed by atoms with E-state index in [-0.39, 0.29) is 87.1 Å². The first-order chi connectivity index (χ1) is 26.7. The summed E-state index contributed by atoms with van der Waals surface area (Å²) in [6, 6.07) is 29.6. The van der Waals surface area contributed by atoms with Gasteiger partial charge in [0.15, 0.2) is 5.75 Å². The molecule has 0 aromatic heterocycles. The Morgan fingerprint density at radius 2 is 1.18 bits per heavy atom. The number of benzene rings is 6. The van der Waals surface area contributed by atoms with Gasteiger partial charge in [-0.15, -0.1) is 5.11 Å². The Kier molecular flexibility index (Phi) is 17.7. The normalized spacial score (nSPS) is 11.3. The van der Waals surface area contributed by atoms with Crippen LogP contribution in [0.25, 0.3) is 10.8 Å². The van der Waals surface area contributed by atoms with Gasteiger partial charge in [-0.25, -0.2) is 0 Å². The van der Waals surface area contributed by atoms with Crippen molar-refractivity contribution in [2.75, 3.05) is 5.32 Å². The van der Waals surface area contributed by atoms with E-state index < -0.39 is 0 Å². The molecule has 57 heavy (non-hydrogen) atoms. The summed E-state index contributed by atoms with van der Waals surface area (Å²) in [5.74, 6) is -0.427. The number of anilines is 1. The van der Waals surface area contributed by atoms with E-state index in [0.29, 0.717) is 73.0 Å². The Morgan fingerprint density at radius 3 is 1.81 bits per heavy atom. The average Bonchev–Trinajstić information content (AvgIpc) is 3.19. The largest absolute Gasteiger partial charge is 1.00 e. The molecule has 278 valence electrons. The summed E-state index contributed by atoms with van der Waals surface area (Å²) in [4.78, 5) is 13.6. The maximum Gasteiger partial charge on any atom is 1.00 e. The van der Waals surface area contributed by atoms with Gasteiger partial charge in [-0.05, 0) is 140 Å². The molecule has 0 spiro atoms. The van der Waals surface area contributed by atoms with Crippen molar-refractivity contribution in [1.29, 1.82) is 0 Å². The van der Waals surface area contributed by atoms with Crippen LogP contribution in [-0.4, -0.2) is 16.1 Å². The molecule has 6 rings (SSSR count). The van der Waals surface area contributed by atoms with Crippen LogP contribution in [0.4, 0.5) is 39.8 Å². The Labute approximate surface area is 377 Å². The minimum Gasteiger partial charge on any atom is -0.691 e. The maximum atomic E-state index is 12.7. The van der Waals surface area contributed by atoms with Crippen molar-refractivity contribution in [2.45, 2.75) is 23.6 Å². The number of phenols is 2. The summed E-state index contributed by atoms with van der Waals surface area (Å²) in [5, 5.41) is 77.8. The fraction of sp³-hybridized carbons (Fsp3) is 0.0541. The number of amides is 1. The molecular weight excluding hydrogens is 797 g/mol. The summed E-state index contributed by atoms with van der Waals surface area (Å²) < 4.78 is 8.84. The second-order valence-electron chi connectivity index (χ2n) is 11.5. The van der Waals surface area contributed by atoms with Gasteiger partial charge in [0.25, 0.3) is 5.91 Å². The number of azo groups is 3. The fourth-order valence-electron chi connectivity index (χ4n) is 4.99. The van der Waals surface area contributed by atoms with Crippen LogP contribution in [0.5, 0.6) is 11.5 Å². The number of fused-ring (bicyclic) bond motifs is 1. The Hall–Kier alpha value is -4.09. The first-order valence-corrected chi connectivity index (χ1v) is 17.4. The molecule has 6 aromatic rings. The van der Waals surface area contributed by atoms with Crippen molar-refractivity contribution in [3.05, 3.63) is 126 Å². The van der Waals surface area contributed by atoms with E-state index >= 15 is 0 Å². The average molecular weight is 824 g/mol. The molecule has 0 saturated carbocycles. The number of aromatic hydroxyl groups is 2. The second-order valence-corrected chi connectivity index (χ2v) is 13.0. The molecule has 16 nitrogen and oxygen atoms in total. The van der Waals surface area contributed by atoms with Crippen molar-refractivity contribution in [1.82, 2.24) is 0 Å². The summed E-state index contributed by atoms with van der Waals surface area (Å²) in [6.07, 6.45) is 0. The Morgan fingerprint density at radius 1 is 0.632 bits per heavy atom. The van der Waals surface area contributed by atoms with Crippen LogP contribution in [0.2, 0.25) is 0 Å². The second kappa shape index (κ2) is 22.2. The van der Waals surface area contributed by atoms with Crippen LogP contribution in [0.1, 0.15) is 21.5 Å². The van der Waals surface area contributed by atoms with Gasteiger partial charge in [-0.2, -0.15) is 34.2 Å². The van der Waals surface area contributed by atoms with Gasteiger partial charge < -0.3 is 26.0 Å². The van der Waals surface area contributed by atoms with Crippen molar-refractivity contribution in [3.8, 4) is 11.5 Å². The molecule has 1 amide bonds. The van der Waals surface area contributed by atoms with Crippen LogP contribution in [0.15, 0.2) is 150 Å². The molecule has 0 aliphatic carbocycles. The molecule has 0 saturated heterocycles. The van der Waals surface area contributed by atoms with Gasteiger partial charge in [0.1, 0.15) is 11.4 Å². The minimum atomic E-state index is -0.326. The van der Waals surface area contributed by atoms with E-state index in [0.717, 1.165) is 17.6 Å². The monoisotopic (exact) mass is 823 g/mol. The number of hydrogen-bond donors (Lipinski definition) is 3. The van der Waals surface area contributed by atoms with Crippen LogP contribution in [0.3, 0.4) is 0 Å². The molecule has 0 unspecified atom stereocenters. The molecule has 0 radical (unpaired) electrons. The molecule has 0 aliphatic rings. The Balaban J connectivity index is 0.00000360. The summed E-state index contributed by atoms with van der Waals surface area (Å²) in [7, 11) is 0. The van der Waals surface area contributed by atoms with Gasteiger partial charge in [-0.3, -0.25) is 14.9 Å². The summed E-state index contributed by atoms with van der Waals surface area (Å²) >= 11 is 1.30. The van der Waals surface area contributed by atoms with Gasteiger partial charge in [-0.1, -0.05) is 0 Å². The topological polar surface area (TPSA) is 227 Å². The number of phenolic OH excluding ortho intramolecular Hbond substituents is 2. The van der Waals surface area contributed by atoms with Gasteiger partial charge in [0.05, 0.1) is 57.4 Å². The third kappa shape index (κ3) is 12.5.